The van der Waals surface area contributed by atoms with Gasteiger partial charge in [-0.15, -0.1) is 24.0 Å². The van der Waals surface area contributed by atoms with E-state index >= 15 is 0 Å². The van der Waals surface area contributed by atoms with E-state index in [-0.39, 0.29) is 48.3 Å². The molecular weight excluding hydrogens is 462 g/mol. The summed E-state index contributed by atoms with van der Waals surface area (Å²) in [5.74, 6) is 0.837. The Bertz CT molecular complexity index is 592. The fourth-order valence-electron chi connectivity index (χ4n) is 2.94. The minimum atomic E-state index is -0.292. The van der Waals surface area contributed by atoms with E-state index in [1.807, 2.05) is 6.92 Å². The molecule has 1 atom stereocenters. The lowest BCUT2D eigenvalue weighted by Crippen LogP contribution is -2.47. The first-order valence-electron chi connectivity index (χ1n) is 9.23. The molecule has 1 aromatic carbocycles. The van der Waals surface area contributed by atoms with Gasteiger partial charge in [0.05, 0.1) is 13.1 Å². The fourth-order valence-corrected chi connectivity index (χ4v) is 2.94. The van der Waals surface area contributed by atoms with Gasteiger partial charge in [0.25, 0.3) is 0 Å². The largest absolute Gasteiger partial charge is 0.489 e. The van der Waals surface area contributed by atoms with Gasteiger partial charge in [0.15, 0.2) is 5.96 Å². The standard InChI is InChI=1S/C19H29FN4O2.HI/c1-14(26-17-10-8-15(20)9-11-17)12-22-19(21-2)23-13-18(25)24-16-6-4-3-5-7-16;/h8-11,14,16H,3-7,12-13H2,1-2H3,(H,24,25)(H2,21,22,23);1H. The Hall–Kier alpha value is -1.58. The summed E-state index contributed by atoms with van der Waals surface area (Å²) in [5, 5.41) is 9.19. The SMILES string of the molecule is CN=C(NCC(=O)NC1CCCCC1)NCC(C)Oc1ccc(F)cc1.I. The van der Waals surface area contributed by atoms with Crippen LogP contribution >= 0.6 is 24.0 Å². The van der Waals surface area contributed by atoms with Crippen LogP contribution in [-0.2, 0) is 4.79 Å². The number of carbonyl (C=O) groups is 1. The van der Waals surface area contributed by atoms with Crippen LogP contribution in [-0.4, -0.2) is 44.1 Å². The molecule has 1 aliphatic carbocycles. The lowest BCUT2D eigenvalue weighted by atomic mass is 9.95. The van der Waals surface area contributed by atoms with Gasteiger partial charge in [0.1, 0.15) is 17.7 Å². The number of hydrogen-bond donors (Lipinski definition) is 3. The molecule has 1 aliphatic rings. The average molecular weight is 492 g/mol. The van der Waals surface area contributed by atoms with Crippen molar-refractivity contribution >= 4 is 35.8 Å². The first-order chi connectivity index (χ1) is 12.6. The van der Waals surface area contributed by atoms with E-state index in [9.17, 15) is 9.18 Å². The monoisotopic (exact) mass is 492 g/mol. The molecule has 3 N–H and O–H groups in total. The van der Waals surface area contributed by atoms with Crippen LogP contribution in [0.1, 0.15) is 39.0 Å². The summed E-state index contributed by atoms with van der Waals surface area (Å²) in [6.45, 7) is 2.59. The molecule has 6 nitrogen and oxygen atoms in total. The van der Waals surface area contributed by atoms with Crippen molar-refractivity contribution in [1.29, 1.82) is 0 Å². The highest BCUT2D eigenvalue weighted by Crippen LogP contribution is 2.17. The van der Waals surface area contributed by atoms with Crippen molar-refractivity contribution < 1.29 is 13.9 Å². The van der Waals surface area contributed by atoms with Crippen molar-refractivity contribution in [3.05, 3.63) is 30.1 Å². The van der Waals surface area contributed by atoms with Gasteiger partial charge in [-0.1, -0.05) is 19.3 Å². The molecular formula is C19H30FIN4O2. The molecule has 152 valence electrons. The highest BCUT2D eigenvalue weighted by Gasteiger charge is 2.15. The third-order valence-corrected chi connectivity index (χ3v) is 4.32. The minimum Gasteiger partial charge on any atom is -0.489 e. The van der Waals surface area contributed by atoms with Gasteiger partial charge in [-0.3, -0.25) is 9.79 Å². The third kappa shape index (κ3) is 9.25. The molecule has 0 bridgehead atoms. The van der Waals surface area contributed by atoms with Crippen LogP contribution in [0.2, 0.25) is 0 Å². The second-order valence-corrected chi connectivity index (χ2v) is 6.59. The lowest BCUT2D eigenvalue weighted by Gasteiger charge is -2.23. The van der Waals surface area contributed by atoms with Crippen molar-refractivity contribution in [3.8, 4) is 5.75 Å². The van der Waals surface area contributed by atoms with Gasteiger partial charge < -0.3 is 20.7 Å². The molecule has 0 aliphatic heterocycles. The van der Waals surface area contributed by atoms with Crippen LogP contribution in [0.25, 0.3) is 0 Å². The molecule has 2 rings (SSSR count). The number of benzene rings is 1. The number of aliphatic imine (C=N–C) groups is 1. The van der Waals surface area contributed by atoms with Gasteiger partial charge in [-0.05, 0) is 44.0 Å². The molecule has 1 amide bonds. The van der Waals surface area contributed by atoms with E-state index in [0.717, 1.165) is 12.8 Å². The number of ether oxygens (including phenoxy) is 1. The number of nitrogens with zero attached hydrogens (tertiary/aromatic N) is 1. The minimum absolute atomic E-state index is 0. The fraction of sp³-hybridized carbons (Fsp3) is 0.579. The van der Waals surface area contributed by atoms with Crippen LogP contribution in [0.4, 0.5) is 4.39 Å². The van der Waals surface area contributed by atoms with Gasteiger partial charge in [0, 0.05) is 13.1 Å². The molecule has 1 unspecified atom stereocenters. The second kappa shape index (κ2) is 12.7. The number of guanidine groups is 1. The molecule has 0 spiro atoms. The smallest absolute Gasteiger partial charge is 0.239 e. The van der Waals surface area contributed by atoms with E-state index in [1.54, 1.807) is 19.2 Å². The van der Waals surface area contributed by atoms with Gasteiger partial charge in [-0.2, -0.15) is 0 Å². The first kappa shape index (κ1) is 23.5. The number of carbonyl (C=O) groups excluding carboxylic acids is 1. The number of rotatable bonds is 7. The van der Waals surface area contributed by atoms with Crippen LogP contribution in [0.15, 0.2) is 29.3 Å². The zero-order chi connectivity index (χ0) is 18.8. The van der Waals surface area contributed by atoms with E-state index in [0.29, 0.717) is 24.3 Å². The number of amides is 1. The summed E-state index contributed by atoms with van der Waals surface area (Å²) in [7, 11) is 1.65. The Balaban J connectivity index is 0.00000364. The van der Waals surface area contributed by atoms with Crippen molar-refractivity contribution in [2.75, 3.05) is 20.1 Å². The zero-order valence-electron chi connectivity index (χ0n) is 16.0. The third-order valence-electron chi connectivity index (χ3n) is 4.32. The average Bonchev–Trinajstić information content (AvgIpc) is 2.64. The Morgan fingerprint density at radius 2 is 1.89 bits per heavy atom. The summed E-state index contributed by atoms with van der Waals surface area (Å²) < 4.78 is 18.6. The quantitative estimate of drug-likeness (QED) is 0.311. The second-order valence-electron chi connectivity index (χ2n) is 6.59. The predicted molar refractivity (Wildman–Crippen MR) is 116 cm³/mol. The summed E-state index contributed by atoms with van der Waals surface area (Å²) in [4.78, 5) is 16.1. The Morgan fingerprint density at radius 1 is 1.22 bits per heavy atom. The molecule has 0 heterocycles. The maximum absolute atomic E-state index is 12.9. The predicted octanol–water partition coefficient (Wildman–Crippen LogP) is 2.82. The lowest BCUT2D eigenvalue weighted by molar-refractivity contribution is -0.120. The maximum atomic E-state index is 12.9. The maximum Gasteiger partial charge on any atom is 0.239 e. The van der Waals surface area contributed by atoms with E-state index < -0.39 is 0 Å². The summed E-state index contributed by atoms with van der Waals surface area (Å²) in [6.07, 6.45) is 5.63. The first-order valence-corrected chi connectivity index (χ1v) is 9.23. The summed E-state index contributed by atoms with van der Waals surface area (Å²) in [5.41, 5.74) is 0. The molecule has 1 saturated carbocycles. The van der Waals surface area contributed by atoms with Crippen LogP contribution in [0.5, 0.6) is 5.75 Å². The van der Waals surface area contributed by atoms with Crippen molar-refractivity contribution in [2.24, 2.45) is 4.99 Å². The van der Waals surface area contributed by atoms with Crippen LogP contribution in [0.3, 0.4) is 0 Å². The molecule has 1 aromatic rings. The zero-order valence-corrected chi connectivity index (χ0v) is 18.3. The van der Waals surface area contributed by atoms with Gasteiger partial charge >= 0.3 is 0 Å². The Labute approximate surface area is 177 Å². The number of halogens is 2. The van der Waals surface area contributed by atoms with Crippen LogP contribution in [0, 0.1) is 5.82 Å². The molecule has 1 fully saturated rings. The normalized spacial score (nSPS) is 16.0. The summed E-state index contributed by atoms with van der Waals surface area (Å²) >= 11 is 0. The van der Waals surface area contributed by atoms with E-state index in [2.05, 4.69) is 20.9 Å². The number of nitrogens with one attached hydrogen (secondary N) is 3. The topological polar surface area (TPSA) is 74.8 Å². The molecule has 0 aromatic heterocycles. The Morgan fingerprint density at radius 3 is 2.52 bits per heavy atom. The van der Waals surface area contributed by atoms with Gasteiger partial charge in [0.2, 0.25) is 5.91 Å². The van der Waals surface area contributed by atoms with Crippen molar-refractivity contribution in [2.45, 2.75) is 51.2 Å². The molecule has 27 heavy (non-hydrogen) atoms. The van der Waals surface area contributed by atoms with Crippen LogP contribution < -0.4 is 20.7 Å². The highest BCUT2D eigenvalue weighted by atomic mass is 127. The van der Waals surface area contributed by atoms with Crippen molar-refractivity contribution in [1.82, 2.24) is 16.0 Å². The number of hydrogen-bond acceptors (Lipinski definition) is 3. The molecule has 0 saturated heterocycles. The van der Waals surface area contributed by atoms with E-state index in [4.69, 9.17) is 4.74 Å². The molecule has 8 heteroatoms. The van der Waals surface area contributed by atoms with Crippen molar-refractivity contribution in [3.63, 3.8) is 0 Å². The van der Waals surface area contributed by atoms with Gasteiger partial charge in [-0.25, -0.2) is 4.39 Å². The Kier molecular flexibility index (Phi) is 11.1. The molecule has 0 radical (unpaired) electrons. The van der Waals surface area contributed by atoms with E-state index in [1.165, 1.54) is 31.4 Å². The highest BCUT2D eigenvalue weighted by molar-refractivity contribution is 14.0. The summed E-state index contributed by atoms with van der Waals surface area (Å²) in [6, 6.07) is 6.21.